The molecule has 2 N–H and O–H groups in total. The first kappa shape index (κ1) is 22.6. The molecule has 0 radical (unpaired) electrons. The predicted molar refractivity (Wildman–Crippen MR) is 109 cm³/mol. The Balaban J connectivity index is 1.39. The van der Waals surface area contributed by atoms with Crippen molar-refractivity contribution in [2.45, 2.75) is 62.6 Å². The molecule has 7 nitrogen and oxygen atoms in total. The molecule has 3 aliphatic rings. The largest absolute Gasteiger partial charge is 0.416 e. The number of benzene rings is 1. The summed E-state index contributed by atoms with van der Waals surface area (Å²) in [5, 5.41) is 9.20. The minimum absolute atomic E-state index is 0.0780. The van der Waals surface area contributed by atoms with Crippen LogP contribution in [0.25, 0.3) is 0 Å². The third-order valence-corrected chi connectivity index (χ3v) is 6.89. The Labute approximate surface area is 184 Å². The van der Waals surface area contributed by atoms with Crippen molar-refractivity contribution in [3.05, 3.63) is 35.4 Å². The van der Waals surface area contributed by atoms with Gasteiger partial charge in [-0.05, 0) is 43.9 Å². The van der Waals surface area contributed by atoms with Crippen LogP contribution in [0.2, 0.25) is 0 Å². The molecule has 1 aromatic carbocycles. The summed E-state index contributed by atoms with van der Waals surface area (Å²) >= 11 is 0. The highest BCUT2D eigenvalue weighted by molar-refractivity contribution is 5.87. The van der Waals surface area contributed by atoms with Crippen molar-refractivity contribution in [3.8, 4) is 6.07 Å². The van der Waals surface area contributed by atoms with Gasteiger partial charge in [-0.1, -0.05) is 12.1 Å². The smallest absolute Gasteiger partial charge is 0.330 e. The number of hydrogen-bond acceptors (Lipinski definition) is 5. The summed E-state index contributed by atoms with van der Waals surface area (Å²) in [6.45, 7) is 3.14. The molecule has 2 bridgehead atoms. The third-order valence-electron chi connectivity index (χ3n) is 6.89. The summed E-state index contributed by atoms with van der Waals surface area (Å²) < 4.78 is 38.5. The number of halogens is 3. The second kappa shape index (κ2) is 8.37. The maximum atomic E-state index is 13.0. The van der Waals surface area contributed by atoms with E-state index in [4.69, 9.17) is 5.73 Å². The maximum Gasteiger partial charge on any atom is 0.416 e. The molecule has 3 unspecified atom stereocenters. The van der Waals surface area contributed by atoms with E-state index in [-0.39, 0.29) is 36.5 Å². The van der Waals surface area contributed by atoms with Crippen molar-refractivity contribution in [1.82, 2.24) is 14.7 Å². The van der Waals surface area contributed by atoms with Crippen LogP contribution in [0.15, 0.2) is 24.3 Å². The maximum absolute atomic E-state index is 13.0. The molecule has 32 heavy (non-hydrogen) atoms. The van der Waals surface area contributed by atoms with Crippen molar-refractivity contribution >= 4 is 11.8 Å². The van der Waals surface area contributed by atoms with E-state index in [1.165, 1.54) is 17.0 Å². The number of rotatable bonds is 5. The first-order valence-electron chi connectivity index (χ1n) is 10.8. The summed E-state index contributed by atoms with van der Waals surface area (Å²) in [6, 6.07) is 4.98. The van der Waals surface area contributed by atoms with Gasteiger partial charge in [-0.25, -0.2) is 0 Å². The highest BCUT2D eigenvalue weighted by atomic mass is 19.4. The number of fused-ring (bicyclic) bond motifs is 2. The molecule has 3 saturated heterocycles. The van der Waals surface area contributed by atoms with Gasteiger partial charge in [0, 0.05) is 25.7 Å². The first-order valence-corrected chi connectivity index (χ1v) is 10.8. The Morgan fingerprint density at radius 2 is 2.00 bits per heavy atom. The number of nitrogens with zero attached hydrogens (tertiary/aromatic N) is 4. The molecule has 172 valence electrons. The van der Waals surface area contributed by atoms with E-state index in [9.17, 15) is 28.0 Å². The average molecular weight is 449 g/mol. The number of nitrogens with two attached hydrogens (primary N) is 1. The third kappa shape index (κ3) is 3.95. The van der Waals surface area contributed by atoms with Crippen LogP contribution < -0.4 is 5.73 Å². The second-order valence-corrected chi connectivity index (χ2v) is 8.83. The quantitative estimate of drug-likeness (QED) is 0.741. The molecule has 3 heterocycles. The van der Waals surface area contributed by atoms with E-state index in [0.717, 1.165) is 18.6 Å². The van der Waals surface area contributed by atoms with Crippen molar-refractivity contribution in [1.29, 1.82) is 5.26 Å². The molecule has 0 spiro atoms. The van der Waals surface area contributed by atoms with Gasteiger partial charge in [0.25, 0.3) is 0 Å². The molecule has 0 aromatic heterocycles. The fourth-order valence-electron chi connectivity index (χ4n) is 5.22. The fourth-order valence-corrected chi connectivity index (χ4v) is 5.22. The van der Waals surface area contributed by atoms with E-state index in [2.05, 4.69) is 6.07 Å². The summed E-state index contributed by atoms with van der Waals surface area (Å²) in [4.78, 5) is 30.9. The predicted octanol–water partition coefficient (Wildman–Crippen LogP) is 1.89. The highest BCUT2D eigenvalue weighted by Gasteiger charge is 2.51. The Morgan fingerprint density at radius 1 is 1.31 bits per heavy atom. The lowest BCUT2D eigenvalue weighted by atomic mass is 10.0. The van der Waals surface area contributed by atoms with Crippen LogP contribution in [0.4, 0.5) is 13.2 Å². The van der Waals surface area contributed by atoms with E-state index < -0.39 is 23.8 Å². The fraction of sp³-hybridized carbons (Fsp3) is 0.591. The minimum Gasteiger partial charge on any atom is -0.330 e. The van der Waals surface area contributed by atoms with Gasteiger partial charge in [0.1, 0.15) is 6.04 Å². The van der Waals surface area contributed by atoms with Crippen molar-refractivity contribution < 1.29 is 22.8 Å². The molecule has 0 aliphatic carbocycles. The van der Waals surface area contributed by atoms with Crippen LogP contribution in [0, 0.1) is 11.3 Å². The lowest BCUT2D eigenvalue weighted by Crippen LogP contribution is -2.56. The van der Waals surface area contributed by atoms with Gasteiger partial charge in [-0.2, -0.15) is 18.4 Å². The van der Waals surface area contributed by atoms with Crippen LogP contribution in [0.5, 0.6) is 0 Å². The van der Waals surface area contributed by atoms with Gasteiger partial charge >= 0.3 is 6.18 Å². The molecule has 3 fully saturated rings. The molecule has 0 saturated carbocycles. The number of likely N-dealkylation sites (tertiary alicyclic amines) is 3. The minimum atomic E-state index is -4.40. The number of carbonyl (C=O) groups is 2. The van der Waals surface area contributed by atoms with Crippen molar-refractivity contribution in [3.63, 3.8) is 0 Å². The van der Waals surface area contributed by atoms with Crippen LogP contribution in [0.3, 0.4) is 0 Å². The second-order valence-electron chi connectivity index (χ2n) is 8.83. The zero-order valence-corrected chi connectivity index (χ0v) is 17.8. The Morgan fingerprint density at radius 3 is 2.59 bits per heavy atom. The molecule has 4 rings (SSSR count). The van der Waals surface area contributed by atoms with E-state index in [1.54, 1.807) is 4.90 Å². The van der Waals surface area contributed by atoms with Crippen LogP contribution in [-0.2, 0) is 15.8 Å². The van der Waals surface area contributed by atoms with Gasteiger partial charge in [-0.15, -0.1) is 0 Å². The molecule has 3 aliphatic heterocycles. The summed E-state index contributed by atoms with van der Waals surface area (Å²) in [5.41, 5.74) is 6.08. The topological polar surface area (TPSA) is 93.7 Å². The van der Waals surface area contributed by atoms with Crippen molar-refractivity contribution in [2.75, 3.05) is 19.6 Å². The van der Waals surface area contributed by atoms with E-state index >= 15 is 0 Å². The van der Waals surface area contributed by atoms with Crippen LogP contribution in [-0.4, -0.2) is 70.3 Å². The summed E-state index contributed by atoms with van der Waals surface area (Å²) in [7, 11) is 0. The number of nitriles is 1. The van der Waals surface area contributed by atoms with Gasteiger partial charge in [0.05, 0.1) is 29.8 Å². The lowest BCUT2D eigenvalue weighted by Gasteiger charge is -2.38. The molecule has 1 aromatic rings. The zero-order valence-electron chi connectivity index (χ0n) is 17.8. The van der Waals surface area contributed by atoms with E-state index in [1.807, 2.05) is 11.8 Å². The molecule has 5 atom stereocenters. The number of hydrogen-bond donors (Lipinski definition) is 1. The Kier molecular flexibility index (Phi) is 5.90. The van der Waals surface area contributed by atoms with Gasteiger partial charge in [0.2, 0.25) is 11.8 Å². The first-order chi connectivity index (χ1) is 15.1. The number of piperazine rings is 1. The standard InChI is InChI=1S/C22H26F3N5O2/c1-13(14-4-6-15(7-5-14)22(23,24)25)30-17-9-19(21(30)32)28(11-17)12-18(27)20(31)29-8-2-3-16(29)10-26/h4-7,13,16-19H,2-3,8-9,11-12,27H2,1H3/t13?,16?,17-,18?,19+/m1/s1. The van der Waals surface area contributed by atoms with Gasteiger partial charge in [0.15, 0.2) is 0 Å². The Hall–Kier alpha value is -2.64. The number of carbonyl (C=O) groups excluding carboxylic acids is 2. The lowest BCUT2D eigenvalue weighted by molar-refractivity contribution is -0.141. The normalized spacial score (nSPS) is 27.6. The van der Waals surface area contributed by atoms with Crippen molar-refractivity contribution in [2.24, 2.45) is 5.73 Å². The average Bonchev–Trinajstić information content (AvgIpc) is 3.46. The molecule has 10 heteroatoms. The Bertz CT molecular complexity index is 929. The summed E-state index contributed by atoms with van der Waals surface area (Å²) in [5.74, 6) is -0.358. The SMILES string of the molecule is CC(c1ccc(C(F)(F)F)cc1)N1C(=O)[C@@H]2C[C@@H]1CN2CC(N)C(=O)N1CCCC1C#N. The number of alkyl halides is 3. The number of amides is 2. The van der Waals surface area contributed by atoms with Crippen LogP contribution >= 0.6 is 0 Å². The molecule has 2 amide bonds. The molecular weight excluding hydrogens is 423 g/mol. The zero-order chi connectivity index (χ0) is 23.2. The van der Waals surface area contributed by atoms with Gasteiger partial charge < -0.3 is 15.5 Å². The van der Waals surface area contributed by atoms with Crippen LogP contribution in [0.1, 0.15) is 43.4 Å². The van der Waals surface area contributed by atoms with E-state index in [0.29, 0.717) is 31.5 Å². The van der Waals surface area contributed by atoms with Gasteiger partial charge in [-0.3, -0.25) is 14.5 Å². The molecular formula is C22H26F3N5O2. The summed E-state index contributed by atoms with van der Waals surface area (Å²) in [6.07, 6.45) is -2.36. The monoisotopic (exact) mass is 449 g/mol. The highest BCUT2D eigenvalue weighted by Crippen LogP contribution is 2.38.